The van der Waals surface area contributed by atoms with Gasteiger partial charge in [0, 0.05) is 54.2 Å². The van der Waals surface area contributed by atoms with Crippen LogP contribution in [0, 0.1) is 6.92 Å². The molecule has 2 aromatic heterocycles. The number of halogens is 1. The number of carbonyl (C=O) groups excluding carboxylic acids is 2. The third-order valence-electron chi connectivity index (χ3n) is 6.15. The third kappa shape index (κ3) is 4.44. The van der Waals surface area contributed by atoms with Gasteiger partial charge in [0.15, 0.2) is 5.69 Å². The lowest BCUT2D eigenvalue weighted by atomic mass is 10.1. The molecule has 0 bridgehead atoms. The van der Waals surface area contributed by atoms with Crippen LogP contribution in [0.1, 0.15) is 26.5 Å². The van der Waals surface area contributed by atoms with E-state index >= 15 is 0 Å². The quantitative estimate of drug-likeness (QED) is 0.401. The molecule has 0 aliphatic carbocycles. The van der Waals surface area contributed by atoms with Gasteiger partial charge in [-0.15, -0.1) is 0 Å². The van der Waals surface area contributed by atoms with E-state index < -0.39 is 5.97 Å². The van der Waals surface area contributed by atoms with Gasteiger partial charge in [0.05, 0.1) is 18.2 Å². The molecule has 5 rings (SSSR count). The minimum Gasteiger partial charge on any atom is -0.464 e. The first-order chi connectivity index (χ1) is 16.9. The monoisotopic (exact) mass is 489 g/mol. The molecule has 1 fully saturated rings. The number of benzene rings is 2. The highest BCUT2D eigenvalue weighted by molar-refractivity contribution is 6.30. The molecule has 0 N–H and O–H groups in total. The molecule has 0 atom stereocenters. The Morgan fingerprint density at radius 1 is 0.971 bits per heavy atom. The van der Waals surface area contributed by atoms with Gasteiger partial charge < -0.3 is 14.5 Å². The van der Waals surface area contributed by atoms with E-state index in [0.717, 1.165) is 29.7 Å². The summed E-state index contributed by atoms with van der Waals surface area (Å²) < 4.78 is 6.58. The summed E-state index contributed by atoms with van der Waals surface area (Å²) in [5.74, 6) is -0.271. The van der Waals surface area contributed by atoms with Crippen molar-refractivity contribution in [2.75, 3.05) is 38.2 Å². The molecule has 178 valence electrons. The smallest absolute Gasteiger partial charge is 0.356 e. The molecule has 0 spiro atoms. The number of anilines is 1. The highest BCUT2D eigenvalue weighted by Gasteiger charge is 2.26. The Morgan fingerprint density at radius 3 is 2.40 bits per heavy atom. The van der Waals surface area contributed by atoms with Crippen LogP contribution in [0.3, 0.4) is 0 Å². The number of hydrogen-bond donors (Lipinski definition) is 0. The van der Waals surface area contributed by atoms with Crippen LogP contribution >= 0.6 is 11.6 Å². The number of methoxy groups -OCH3 is 1. The zero-order chi connectivity index (χ0) is 24.5. The molecule has 35 heavy (non-hydrogen) atoms. The van der Waals surface area contributed by atoms with Crippen molar-refractivity contribution in [3.63, 3.8) is 0 Å². The third-order valence-corrected chi connectivity index (χ3v) is 6.41. The molecule has 1 amide bonds. The van der Waals surface area contributed by atoms with E-state index in [0.29, 0.717) is 35.3 Å². The first-order valence-corrected chi connectivity index (χ1v) is 11.7. The highest BCUT2D eigenvalue weighted by atomic mass is 35.5. The van der Waals surface area contributed by atoms with Crippen molar-refractivity contribution in [1.29, 1.82) is 0 Å². The number of aryl methyl sites for hydroxylation is 1. The second kappa shape index (κ2) is 9.38. The van der Waals surface area contributed by atoms with E-state index in [4.69, 9.17) is 16.3 Å². The minimum atomic E-state index is -0.539. The summed E-state index contributed by atoms with van der Waals surface area (Å²) in [6.45, 7) is 4.46. The number of fused-ring (bicyclic) bond motifs is 1. The topological polar surface area (TPSA) is 80.6 Å². The highest BCUT2D eigenvalue weighted by Crippen LogP contribution is 2.26. The molecule has 9 heteroatoms. The van der Waals surface area contributed by atoms with Crippen molar-refractivity contribution < 1.29 is 14.3 Å². The number of amides is 1. The molecular formula is C26H24ClN5O3. The Hall–Kier alpha value is -3.91. The molecule has 0 unspecified atom stereocenters. The summed E-state index contributed by atoms with van der Waals surface area (Å²) in [6.07, 6.45) is 1.76. The van der Waals surface area contributed by atoms with Crippen LogP contribution in [-0.2, 0) is 4.74 Å². The van der Waals surface area contributed by atoms with Crippen LogP contribution in [0.15, 0.2) is 60.8 Å². The number of para-hydroxylation sites is 1. The van der Waals surface area contributed by atoms with Crippen LogP contribution in [0.2, 0.25) is 5.02 Å². The molecule has 8 nitrogen and oxygen atoms in total. The van der Waals surface area contributed by atoms with Gasteiger partial charge in [-0.25, -0.2) is 14.8 Å². The van der Waals surface area contributed by atoms with Gasteiger partial charge in [-0.3, -0.25) is 9.36 Å². The molecule has 1 aliphatic heterocycles. The van der Waals surface area contributed by atoms with Crippen LogP contribution in [0.5, 0.6) is 0 Å². The standard InChI is InChI=1S/C26H24ClN5O3/c1-17-15-22(25(34)35-2)29-26(28-17)32-16-21(20-5-3-4-6-23(20)32)24(33)31-13-11-30(12-14-31)19-9-7-18(27)8-10-19/h3-10,15-16H,11-14H2,1-2H3. The van der Waals surface area contributed by atoms with Gasteiger partial charge in [0.1, 0.15) is 0 Å². The fourth-order valence-electron chi connectivity index (χ4n) is 4.38. The number of ether oxygens (including phenoxy) is 1. The summed E-state index contributed by atoms with van der Waals surface area (Å²) in [6, 6.07) is 17.0. The average molecular weight is 490 g/mol. The minimum absolute atomic E-state index is 0.0449. The molecular weight excluding hydrogens is 466 g/mol. The van der Waals surface area contributed by atoms with Crippen molar-refractivity contribution in [2.45, 2.75) is 6.92 Å². The van der Waals surface area contributed by atoms with Gasteiger partial charge in [-0.05, 0) is 43.3 Å². The lowest BCUT2D eigenvalue weighted by molar-refractivity contribution is 0.0593. The summed E-state index contributed by atoms with van der Waals surface area (Å²) in [5, 5.41) is 1.51. The molecule has 2 aromatic carbocycles. The van der Waals surface area contributed by atoms with Crippen molar-refractivity contribution >= 4 is 40.1 Å². The SMILES string of the molecule is COC(=O)c1cc(C)nc(-n2cc(C(=O)N3CCN(c4ccc(Cl)cc4)CC3)c3ccccc32)n1. The largest absolute Gasteiger partial charge is 0.464 e. The Morgan fingerprint density at radius 2 is 1.69 bits per heavy atom. The van der Waals surface area contributed by atoms with Crippen molar-refractivity contribution in [3.05, 3.63) is 82.8 Å². The van der Waals surface area contributed by atoms with E-state index in [1.165, 1.54) is 7.11 Å². The van der Waals surface area contributed by atoms with Crippen molar-refractivity contribution in [1.82, 2.24) is 19.4 Å². The van der Waals surface area contributed by atoms with Crippen LogP contribution in [0.4, 0.5) is 5.69 Å². The maximum absolute atomic E-state index is 13.6. The first kappa shape index (κ1) is 22.9. The lowest BCUT2D eigenvalue weighted by Crippen LogP contribution is -2.48. The molecule has 1 saturated heterocycles. The van der Waals surface area contributed by atoms with Gasteiger partial charge in [-0.1, -0.05) is 29.8 Å². The number of hydrogen-bond acceptors (Lipinski definition) is 6. The molecule has 1 aliphatic rings. The summed E-state index contributed by atoms with van der Waals surface area (Å²) >= 11 is 6.01. The maximum atomic E-state index is 13.6. The number of rotatable bonds is 4. The zero-order valence-electron chi connectivity index (χ0n) is 19.4. The fraction of sp³-hybridized carbons (Fsp3) is 0.231. The number of aromatic nitrogens is 3. The Bertz CT molecular complexity index is 1410. The van der Waals surface area contributed by atoms with Gasteiger partial charge in [0.25, 0.3) is 5.91 Å². The van der Waals surface area contributed by atoms with Gasteiger partial charge >= 0.3 is 5.97 Å². The second-order valence-corrected chi connectivity index (χ2v) is 8.81. The Balaban J connectivity index is 1.44. The summed E-state index contributed by atoms with van der Waals surface area (Å²) in [5.41, 5.74) is 3.25. The number of esters is 1. The maximum Gasteiger partial charge on any atom is 0.356 e. The van der Waals surface area contributed by atoms with E-state index in [-0.39, 0.29) is 11.6 Å². The van der Waals surface area contributed by atoms with Gasteiger partial charge in [-0.2, -0.15) is 0 Å². The molecule has 4 aromatic rings. The van der Waals surface area contributed by atoms with Crippen molar-refractivity contribution in [2.24, 2.45) is 0 Å². The number of carbonyl (C=O) groups is 2. The first-order valence-electron chi connectivity index (χ1n) is 11.3. The molecule has 0 radical (unpaired) electrons. The Labute approximate surface area is 207 Å². The second-order valence-electron chi connectivity index (χ2n) is 8.37. The van der Waals surface area contributed by atoms with E-state index in [1.54, 1.807) is 23.8 Å². The lowest BCUT2D eigenvalue weighted by Gasteiger charge is -2.36. The number of piperazine rings is 1. The molecule has 3 heterocycles. The van der Waals surface area contributed by atoms with E-state index in [2.05, 4.69) is 14.9 Å². The van der Waals surface area contributed by atoms with E-state index in [9.17, 15) is 9.59 Å². The normalized spacial score (nSPS) is 13.8. The van der Waals surface area contributed by atoms with Crippen molar-refractivity contribution in [3.8, 4) is 5.95 Å². The fourth-order valence-corrected chi connectivity index (χ4v) is 4.50. The Kier molecular flexibility index (Phi) is 6.13. The van der Waals surface area contributed by atoms with Crippen LogP contribution in [0.25, 0.3) is 16.9 Å². The predicted octanol–water partition coefficient (Wildman–Crippen LogP) is 4.13. The summed E-state index contributed by atoms with van der Waals surface area (Å²) in [7, 11) is 1.31. The zero-order valence-corrected chi connectivity index (χ0v) is 20.2. The summed E-state index contributed by atoms with van der Waals surface area (Å²) in [4.78, 5) is 38.7. The predicted molar refractivity (Wildman–Crippen MR) is 135 cm³/mol. The number of nitrogens with zero attached hydrogens (tertiary/aromatic N) is 5. The van der Waals surface area contributed by atoms with Crippen LogP contribution in [-0.4, -0.2) is 64.6 Å². The van der Waals surface area contributed by atoms with Gasteiger partial charge in [0.2, 0.25) is 5.95 Å². The molecule has 0 saturated carbocycles. The van der Waals surface area contributed by atoms with Crippen LogP contribution < -0.4 is 4.90 Å². The van der Waals surface area contributed by atoms with E-state index in [1.807, 2.05) is 53.4 Å². The average Bonchev–Trinajstić information content (AvgIpc) is 3.28.